The lowest BCUT2D eigenvalue weighted by molar-refractivity contribution is -0.123. The molecule has 1 heterocycles. The Morgan fingerprint density at radius 3 is 2.61 bits per heavy atom. The number of nitrogens with one attached hydrogen (secondary N) is 3. The van der Waals surface area contributed by atoms with Gasteiger partial charge in [0.2, 0.25) is 15.9 Å². The first-order chi connectivity index (χ1) is 13.0. The number of amides is 1. The van der Waals surface area contributed by atoms with Crippen molar-refractivity contribution < 1.29 is 17.9 Å². The zero-order valence-corrected chi connectivity index (χ0v) is 17.8. The van der Waals surface area contributed by atoms with Crippen LogP contribution in [-0.4, -0.2) is 46.7 Å². The van der Waals surface area contributed by atoms with Crippen LogP contribution in [0.1, 0.15) is 37.7 Å². The van der Waals surface area contributed by atoms with E-state index in [9.17, 15) is 13.2 Å². The standard InChI is InChI=1S/C19H29N3O4S.ClH/c1-26-11-10-21-27(24,25)16-8-6-14(7-9-16)13-20-19(23)18-12-15-4-2-3-5-17(15)22-18;/h6-9,15,17-18,21-22H,2-5,10-13H2,1H3,(H,20,23);1H. The second kappa shape index (κ2) is 10.5. The predicted molar refractivity (Wildman–Crippen MR) is 110 cm³/mol. The molecule has 2 fully saturated rings. The molecule has 3 unspecified atom stereocenters. The zero-order valence-electron chi connectivity index (χ0n) is 16.1. The van der Waals surface area contributed by atoms with Crippen molar-refractivity contribution in [2.45, 2.75) is 55.6 Å². The van der Waals surface area contributed by atoms with Gasteiger partial charge in [-0.1, -0.05) is 25.0 Å². The van der Waals surface area contributed by atoms with Gasteiger partial charge < -0.3 is 15.4 Å². The first-order valence-electron chi connectivity index (χ1n) is 9.61. The van der Waals surface area contributed by atoms with Gasteiger partial charge in [-0.2, -0.15) is 0 Å². The van der Waals surface area contributed by atoms with Crippen molar-refractivity contribution in [3.05, 3.63) is 29.8 Å². The Morgan fingerprint density at radius 2 is 1.93 bits per heavy atom. The van der Waals surface area contributed by atoms with E-state index in [0.717, 1.165) is 12.0 Å². The Bertz CT molecular complexity index is 728. The molecule has 7 nitrogen and oxygen atoms in total. The minimum atomic E-state index is -3.53. The van der Waals surface area contributed by atoms with Crippen molar-refractivity contribution in [2.75, 3.05) is 20.3 Å². The van der Waals surface area contributed by atoms with Gasteiger partial charge in [0.25, 0.3) is 0 Å². The molecule has 1 aromatic rings. The number of halogens is 1. The van der Waals surface area contributed by atoms with Gasteiger partial charge in [0.15, 0.2) is 0 Å². The van der Waals surface area contributed by atoms with E-state index < -0.39 is 10.0 Å². The van der Waals surface area contributed by atoms with Crippen LogP contribution in [0.25, 0.3) is 0 Å². The molecular formula is C19H30ClN3O4S. The summed E-state index contributed by atoms with van der Waals surface area (Å²) in [6.45, 7) is 0.942. The summed E-state index contributed by atoms with van der Waals surface area (Å²) < 4.78 is 31.6. The summed E-state index contributed by atoms with van der Waals surface area (Å²) in [5.41, 5.74) is 0.870. The van der Waals surface area contributed by atoms with Gasteiger partial charge in [-0.15, -0.1) is 12.4 Å². The average molecular weight is 432 g/mol. The predicted octanol–water partition coefficient (Wildman–Crippen LogP) is 1.57. The van der Waals surface area contributed by atoms with Crippen molar-refractivity contribution in [3.63, 3.8) is 0 Å². The first kappa shape index (κ1) is 23.1. The zero-order chi connectivity index (χ0) is 19.3. The summed E-state index contributed by atoms with van der Waals surface area (Å²) in [5.74, 6) is 0.659. The van der Waals surface area contributed by atoms with Crippen molar-refractivity contribution in [2.24, 2.45) is 5.92 Å². The molecule has 1 aliphatic carbocycles. The Morgan fingerprint density at radius 1 is 1.21 bits per heavy atom. The van der Waals surface area contributed by atoms with Crippen LogP contribution >= 0.6 is 12.4 Å². The number of sulfonamides is 1. The number of fused-ring (bicyclic) bond motifs is 1. The molecule has 2 aliphatic rings. The van der Waals surface area contributed by atoms with Crippen molar-refractivity contribution in [1.29, 1.82) is 0 Å². The van der Waals surface area contributed by atoms with E-state index in [1.165, 1.54) is 32.8 Å². The summed E-state index contributed by atoms with van der Waals surface area (Å²) >= 11 is 0. The Kier molecular flexibility index (Phi) is 8.70. The monoisotopic (exact) mass is 431 g/mol. The number of ether oxygens (including phenoxy) is 1. The summed E-state index contributed by atoms with van der Waals surface area (Å²) in [4.78, 5) is 12.6. The number of hydrogen-bond donors (Lipinski definition) is 3. The van der Waals surface area contributed by atoms with Crippen LogP contribution in [0, 0.1) is 5.92 Å². The molecule has 158 valence electrons. The van der Waals surface area contributed by atoms with Crippen LogP contribution in [-0.2, 0) is 26.1 Å². The SMILES string of the molecule is COCCNS(=O)(=O)c1ccc(CNC(=O)C2CC3CCCCC3N2)cc1.Cl. The number of hydrogen-bond acceptors (Lipinski definition) is 5. The fourth-order valence-electron chi connectivity index (χ4n) is 3.98. The Hall–Kier alpha value is -1.19. The van der Waals surface area contributed by atoms with Gasteiger partial charge in [-0.25, -0.2) is 13.1 Å². The second-order valence-electron chi connectivity index (χ2n) is 7.36. The molecule has 3 rings (SSSR count). The summed E-state index contributed by atoms with van der Waals surface area (Å²) in [5, 5.41) is 6.44. The van der Waals surface area contributed by atoms with Gasteiger partial charge in [-0.3, -0.25) is 4.79 Å². The third-order valence-corrected chi connectivity index (χ3v) is 6.95. The van der Waals surface area contributed by atoms with Crippen LogP contribution in [0.4, 0.5) is 0 Å². The maximum absolute atomic E-state index is 12.4. The minimum Gasteiger partial charge on any atom is -0.383 e. The molecule has 1 saturated carbocycles. The van der Waals surface area contributed by atoms with E-state index in [0.29, 0.717) is 25.1 Å². The van der Waals surface area contributed by atoms with Gasteiger partial charge in [0.1, 0.15) is 0 Å². The van der Waals surface area contributed by atoms with Crippen molar-refractivity contribution in [1.82, 2.24) is 15.4 Å². The van der Waals surface area contributed by atoms with E-state index in [2.05, 4.69) is 15.4 Å². The number of carbonyl (C=O) groups excluding carboxylic acids is 1. The average Bonchev–Trinajstić information content (AvgIpc) is 3.11. The molecule has 1 aromatic carbocycles. The van der Waals surface area contributed by atoms with Crippen molar-refractivity contribution >= 4 is 28.3 Å². The summed E-state index contributed by atoms with van der Waals surface area (Å²) in [6, 6.07) is 6.95. The third kappa shape index (κ3) is 5.90. The van der Waals surface area contributed by atoms with Crippen molar-refractivity contribution in [3.8, 4) is 0 Å². The smallest absolute Gasteiger partial charge is 0.240 e. The van der Waals surface area contributed by atoms with Crippen LogP contribution in [0.5, 0.6) is 0 Å². The molecule has 3 N–H and O–H groups in total. The minimum absolute atomic E-state index is 0. The topological polar surface area (TPSA) is 96.5 Å². The van der Waals surface area contributed by atoms with E-state index in [-0.39, 0.29) is 35.8 Å². The number of rotatable bonds is 8. The quantitative estimate of drug-likeness (QED) is 0.543. The molecule has 0 bridgehead atoms. The highest BCUT2D eigenvalue weighted by atomic mass is 35.5. The van der Waals surface area contributed by atoms with Crippen LogP contribution in [0.2, 0.25) is 0 Å². The normalized spacial score (nSPS) is 24.2. The molecule has 1 amide bonds. The largest absolute Gasteiger partial charge is 0.383 e. The fourth-order valence-corrected chi connectivity index (χ4v) is 4.99. The molecule has 0 radical (unpaired) electrons. The highest BCUT2D eigenvalue weighted by molar-refractivity contribution is 7.89. The molecule has 0 aromatic heterocycles. The highest BCUT2D eigenvalue weighted by Crippen LogP contribution is 2.33. The molecule has 0 spiro atoms. The fraction of sp³-hybridized carbons (Fsp3) is 0.632. The number of benzene rings is 1. The maximum Gasteiger partial charge on any atom is 0.240 e. The number of carbonyl (C=O) groups is 1. The summed E-state index contributed by atoms with van der Waals surface area (Å²) in [6.07, 6.45) is 5.82. The van der Waals surface area contributed by atoms with Gasteiger partial charge in [0, 0.05) is 26.2 Å². The van der Waals surface area contributed by atoms with E-state index in [1.807, 2.05) is 0 Å². The van der Waals surface area contributed by atoms with E-state index in [4.69, 9.17) is 4.74 Å². The lowest BCUT2D eigenvalue weighted by Crippen LogP contribution is -2.42. The molecule has 28 heavy (non-hydrogen) atoms. The Balaban J connectivity index is 0.00000280. The molecule has 9 heteroatoms. The lowest BCUT2D eigenvalue weighted by Gasteiger charge is -2.24. The Labute approximate surface area is 173 Å². The summed E-state index contributed by atoms with van der Waals surface area (Å²) in [7, 11) is -2.01. The lowest BCUT2D eigenvalue weighted by atomic mass is 9.85. The van der Waals surface area contributed by atoms with Crippen LogP contribution < -0.4 is 15.4 Å². The van der Waals surface area contributed by atoms with Crippen LogP contribution in [0.3, 0.4) is 0 Å². The number of methoxy groups -OCH3 is 1. The first-order valence-corrected chi connectivity index (χ1v) is 11.1. The molecular weight excluding hydrogens is 402 g/mol. The molecule has 1 saturated heterocycles. The van der Waals surface area contributed by atoms with E-state index in [1.54, 1.807) is 24.3 Å². The third-order valence-electron chi connectivity index (χ3n) is 5.48. The second-order valence-corrected chi connectivity index (χ2v) is 9.13. The maximum atomic E-state index is 12.4. The highest BCUT2D eigenvalue weighted by Gasteiger charge is 2.37. The molecule has 1 aliphatic heterocycles. The van der Waals surface area contributed by atoms with Gasteiger partial charge in [0.05, 0.1) is 17.5 Å². The van der Waals surface area contributed by atoms with Gasteiger partial charge in [-0.05, 0) is 42.9 Å². The van der Waals surface area contributed by atoms with Gasteiger partial charge >= 0.3 is 0 Å². The van der Waals surface area contributed by atoms with E-state index >= 15 is 0 Å². The molecule has 3 atom stereocenters. The van der Waals surface area contributed by atoms with Crippen LogP contribution in [0.15, 0.2) is 29.2 Å².